The molecule has 2 N–H and O–H groups in total. The van der Waals surface area contributed by atoms with Crippen LogP contribution in [-0.4, -0.2) is 23.0 Å². The summed E-state index contributed by atoms with van der Waals surface area (Å²) in [5.74, 6) is 1.29. The average molecular weight is 281 g/mol. The maximum Gasteiger partial charge on any atom is 0.107 e. The first kappa shape index (κ1) is 14.9. The number of rotatable bonds is 4. The molecule has 3 nitrogen and oxygen atoms in total. The van der Waals surface area contributed by atoms with E-state index in [0.717, 1.165) is 12.5 Å². The molecule has 0 aromatic carbocycles. The summed E-state index contributed by atoms with van der Waals surface area (Å²) in [5, 5.41) is 1.24. The van der Waals surface area contributed by atoms with E-state index in [4.69, 9.17) is 10.7 Å². The lowest BCUT2D eigenvalue weighted by Gasteiger charge is -2.29. The van der Waals surface area contributed by atoms with Gasteiger partial charge >= 0.3 is 0 Å². The van der Waals surface area contributed by atoms with Crippen molar-refractivity contribution in [1.29, 1.82) is 0 Å². The van der Waals surface area contributed by atoms with Crippen molar-refractivity contribution in [2.45, 2.75) is 59.0 Å². The van der Waals surface area contributed by atoms with E-state index in [9.17, 15) is 0 Å². The topological polar surface area (TPSA) is 42.2 Å². The molecule has 2 atom stereocenters. The zero-order valence-electron chi connectivity index (χ0n) is 12.6. The lowest BCUT2D eigenvalue weighted by atomic mass is 10.0. The van der Waals surface area contributed by atoms with Crippen LogP contribution in [0.4, 0.5) is 0 Å². The Hall–Kier alpha value is -0.450. The van der Waals surface area contributed by atoms with E-state index in [1.54, 1.807) is 0 Å². The summed E-state index contributed by atoms with van der Waals surface area (Å²) >= 11 is 1.81. The van der Waals surface area contributed by atoms with Crippen molar-refractivity contribution in [2.24, 2.45) is 11.7 Å². The number of thiazole rings is 1. The smallest absolute Gasteiger partial charge is 0.107 e. The molecule has 1 fully saturated rings. The van der Waals surface area contributed by atoms with Gasteiger partial charge in [-0.2, -0.15) is 0 Å². The fourth-order valence-corrected chi connectivity index (χ4v) is 4.04. The summed E-state index contributed by atoms with van der Waals surface area (Å²) in [6.45, 7) is 12.2. The molecule has 2 rings (SSSR count). The number of nitrogens with zero attached hydrogens (tertiary/aromatic N) is 2. The van der Waals surface area contributed by atoms with Gasteiger partial charge in [0.1, 0.15) is 5.01 Å². The number of hydrogen-bond acceptors (Lipinski definition) is 4. The predicted molar refractivity (Wildman–Crippen MR) is 82.5 cm³/mol. The van der Waals surface area contributed by atoms with E-state index < -0.39 is 0 Å². The van der Waals surface area contributed by atoms with Crippen LogP contribution in [-0.2, 0) is 6.54 Å². The van der Waals surface area contributed by atoms with Crippen molar-refractivity contribution in [3.63, 3.8) is 0 Å². The van der Waals surface area contributed by atoms with E-state index in [1.165, 1.54) is 41.5 Å². The van der Waals surface area contributed by atoms with Gasteiger partial charge < -0.3 is 5.73 Å². The summed E-state index contributed by atoms with van der Waals surface area (Å²) in [7, 11) is 0. The standard InChI is InChI=1S/C15H27N3S/c1-10(2)14-15(12(4)16)19-13(17-14)9-18-7-5-6-11(3)8-18/h10-12H,5-9,16H2,1-4H3. The molecule has 1 aliphatic rings. The Morgan fingerprint density at radius 1 is 1.42 bits per heavy atom. The van der Waals surface area contributed by atoms with Gasteiger partial charge in [0.2, 0.25) is 0 Å². The minimum absolute atomic E-state index is 0.101. The van der Waals surface area contributed by atoms with Gasteiger partial charge in [-0.05, 0) is 38.1 Å². The zero-order valence-corrected chi connectivity index (χ0v) is 13.5. The summed E-state index contributed by atoms with van der Waals surface area (Å²) in [4.78, 5) is 8.66. The molecule has 1 aromatic heterocycles. The van der Waals surface area contributed by atoms with E-state index in [2.05, 4.69) is 32.6 Å². The molecule has 0 radical (unpaired) electrons. The first-order chi connectivity index (χ1) is 8.97. The van der Waals surface area contributed by atoms with Crippen molar-refractivity contribution >= 4 is 11.3 Å². The first-order valence-electron chi connectivity index (χ1n) is 7.44. The van der Waals surface area contributed by atoms with Crippen LogP contribution < -0.4 is 5.73 Å². The average Bonchev–Trinajstić information content (AvgIpc) is 2.73. The Kier molecular flexibility index (Phi) is 4.98. The lowest BCUT2D eigenvalue weighted by Crippen LogP contribution is -2.33. The van der Waals surface area contributed by atoms with Gasteiger partial charge in [0.15, 0.2) is 0 Å². The fourth-order valence-electron chi connectivity index (χ4n) is 2.82. The first-order valence-corrected chi connectivity index (χ1v) is 8.26. The number of nitrogens with two attached hydrogens (primary N) is 1. The molecule has 0 aliphatic carbocycles. The van der Waals surface area contributed by atoms with Gasteiger partial charge in [-0.3, -0.25) is 4.90 Å². The molecule has 0 spiro atoms. The second-order valence-electron chi connectivity index (χ2n) is 6.28. The third kappa shape index (κ3) is 3.77. The Morgan fingerprint density at radius 3 is 2.68 bits per heavy atom. The minimum atomic E-state index is 0.101. The third-order valence-electron chi connectivity index (χ3n) is 3.79. The number of aromatic nitrogens is 1. The largest absolute Gasteiger partial charge is 0.323 e. The van der Waals surface area contributed by atoms with Gasteiger partial charge in [0, 0.05) is 17.5 Å². The van der Waals surface area contributed by atoms with Crippen molar-refractivity contribution in [2.75, 3.05) is 13.1 Å². The SMILES string of the molecule is CC1CCCN(Cc2nc(C(C)C)c(C(C)N)s2)C1. The molecule has 0 amide bonds. The normalized spacial score (nSPS) is 22.9. The molecule has 2 heterocycles. The van der Waals surface area contributed by atoms with Crippen LogP contribution in [0.25, 0.3) is 0 Å². The van der Waals surface area contributed by atoms with Crippen LogP contribution >= 0.6 is 11.3 Å². The lowest BCUT2D eigenvalue weighted by molar-refractivity contribution is 0.176. The summed E-state index contributed by atoms with van der Waals surface area (Å²) < 4.78 is 0. The summed E-state index contributed by atoms with van der Waals surface area (Å²) in [5.41, 5.74) is 7.29. The van der Waals surface area contributed by atoms with Crippen LogP contribution in [0.5, 0.6) is 0 Å². The van der Waals surface area contributed by atoms with E-state index in [1.807, 2.05) is 11.3 Å². The van der Waals surface area contributed by atoms with Crippen molar-refractivity contribution in [1.82, 2.24) is 9.88 Å². The van der Waals surface area contributed by atoms with E-state index in [0.29, 0.717) is 5.92 Å². The zero-order chi connectivity index (χ0) is 14.0. The molecule has 0 saturated carbocycles. The quantitative estimate of drug-likeness (QED) is 0.918. The Bertz CT molecular complexity index is 386. The molecule has 4 heteroatoms. The molecule has 1 aromatic rings. The molecular weight excluding hydrogens is 254 g/mol. The fraction of sp³-hybridized carbons (Fsp3) is 0.800. The van der Waals surface area contributed by atoms with Crippen LogP contribution in [0.2, 0.25) is 0 Å². The number of likely N-dealkylation sites (tertiary alicyclic amines) is 1. The highest BCUT2D eigenvalue weighted by Crippen LogP contribution is 2.30. The van der Waals surface area contributed by atoms with Gasteiger partial charge in [-0.15, -0.1) is 11.3 Å². The highest BCUT2D eigenvalue weighted by atomic mass is 32.1. The highest BCUT2D eigenvalue weighted by molar-refractivity contribution is 7.11. The summed E-state index contributed by atoms with van der Waals surface area (Å²) in [6.07, 6.45) is 2.69. The van der Waals surface area contributed by atoms with Gasteiger partial charge in [0.25, 0.3) is 0 Å². The predicted octanol–water partition coefficient (Wildman–Crippen LogP) is 3.52. The van der Waals surface area contributed by atoms with Crippen molar-refractivity contribution in [3.05, 3.63) is 15.6 Å². The third-order valence-corrected chi connectivity index (χ3v) is 5.04. The Labute approximate surface area is 121 Å². The minimum Gasteiger partial charge on any atom is -0.323 e. The Morgan fingerprint density at radius 2 is 2.16 bits per heavy atom. The number of hydrogen-bond donors (Lipinski definition) is 1. The van der Waals surface area contributed by atoms with Crippen LogP contribution in [0.1, 0.15) is 68.1 Å². The monoisotopic (exact) mass is 281 g/mol. The van der Waals surface area contributed by atoms with Crippen LogP contribution in [0.3, 0.4) is 0 Å². The Balaban J connectivity index is 2.10. The molecule has 1 aliphatic heterocycles. The van der Waals surface area contributed by atoms with Gasteiger partial charge in [-0.1, -0.05) is 20.8 Å². The summed E-state index contributed by atoms with van der Waals surface area (Å²) in [6, 6.07) is 0.101. The van der Waals surface area contributed by atoms with Gasteiger partial charge in [-0.25, -0.2) is 4.98 Å². The van der Waals surface area contributed by atoms with Crippen molar-refractivity contribution in [3.8, 4) is 0 Å². The van der Waals surface area contributed by atoms with Crippen molar-refractivity contribution < 1.29 is 0 Å². The van der Waals surface area contributed by atoms with E-state index >= 15 is 0 Å². The second kappa shape index (κ2) is 6.33. The van der Waals surface area contributed by atoms with E-state index in [-0.39, 0.29) is 6.04 Å². The maximum atomic E-state index is 6.08. The molecule has 108 valence electrons. The second-order valence-corrected chi connectivity index (χ2v) is 7.40. The maximum absolute atomic E-state index is 6.08. The van der Waals surface area contributed by atoms with Crippen LogP contribution in [0.15, 0.2) is 0 Å². The molecule has 0 bridgehead atoms. The molecular formula is C15H27N3S. The molecule has 1 saturated heterocycles. The van der Waals surface area contributed by atoms with Gasteiger partial charge in [0.05, 0.1) is 12.2 Å². The number of piperidine rings is 1. The highest BCUT2D eigenvalue weighted by Gasteiger charge is 2.21. The van der Waals surface area contributed by atoms with Crippen LogP contribution in [0, 0.1) is 5.92 Å². The molecule has 2 unspecified atom stereocenters. The molecule has 19 heavy (non-hydrogen) atoms.